The van der Waals surface area contributed by atoms with Crippen LogP contribution in [0.3, 0.4) is 0 Å². The van der Waals surface area contributed by atoms with Crippen LogP contribution in [0.4, 0.5) is 0 Å². The second kappa shape index (κ2) is 9.81. The van der Waals surface area contributed by atoms with Gasteiger partial charge in [0.1, 0.15) is 0 Å². The Labute approximate surface area is 161 Å². The van der Waals surface area contributed by atoms with Gasteiger partial charge in [-0.05, 0) is 39.2 Å². The number of hydrogen-bond donors (Lipinski definition) is 1. The molecule has 0 saturated heterocycles. The number of aryl methyl sites for hydroxylation is 1. The summed E-state index contributed by atoms with van der Waals surface area (Å²) in [6.07, 6.45) is 2.76. The van der Waals surface area contributed by atoms with Crippen molar-refractivity contribution in [1.82, 2.24) is 14.9 Å². The highest BCUT2D eigenvalue weighted by Gasteiger charge is 2.23. The van der Waals surface area contributed by atoms with Gasteiger partial charge in [-0.2, -0.15) is 0 Å². The molecule has 1 heterocycles. The molecule has 2 aromatic rings. The van der Waals surface area contributed by atoms with Crippen LogP contribution in [-0.4, -0.2) is 38.6 Å². The van der Waals surface area contributed by atoms with Crippen LogP contribution in [0.1, 0.15) is 57.5 Å². The maximum Gasteiger partial charge on any atom is 0.233 e. The maximum atomic E-state index is 12.8. The predicted molar refractivity (Wildman–Crippen MR) is 110 cm³/mol. The average molecular weight is 374 g/mol. The second-order valence-electron chi connectivity index (χ2n) is 6.88. The minimum Gasteiger partial charge on any atom is -0.337 e. The van der Waals surface area contributed by atoms with Crippen molar-refractivity contribution in [3.8, 4) is 0 Å². The highest BCUT2D eigenvalue weighted by atomic mass is 32.2. The summed E-state index contributed by atoms with van der Waals surface area (Å²) in [6, 6.07) is 10.9. The number of carbonyl (C=O) groups is 1. The molecule has 0 aliphatic rings. The minimum absolute atomic E-state index is 0.192. The molecule has 26 heavy (non-hydrogen) atoms. The quantitative estimate of drug-likeness (QED) is 0.641. The van der Waals surface area contributed by atoms with Crippen molar-refractivity contribution in [3.63, 3.8) is 0 Å². The fourth-order valence-electron chi connectivity index (χ4n) is 3.02. The zero-order valence-corrected chi connectivity index (χ0v) is 17.4. The van der Waals surface area contributed by atoms with Crippen LogP contribution in [0.25, 0.3) is 0 Å². The molecule has 1 N–H and O–H groups in total. The number of aromatic nitrogens is 2. The monoisotopic (exact) mass is 373 g/mol. The summed E-state index contributed by atoms with van der Waals surface area (Å²) in [4.78, 5) is 22.8. The molecule has 1 amide bonds. The second-order valence-corrected chi connectivity index (χ2v) is 7.84. The largest absolute Gasteiger partial charge is 0.337 e. The first-order valence-electron chi connectivity index (χ1n) is 9.49. The van der Waals surface area contributed by atoms with E-state index in [1.807, 2.05) is 30.0 Å². The lowest BCUT2D eigenvalue weighted by atomic mass is 10.1. The topological polar surface area (TPSA) is 49.0 Å². The molecule has 1 aromatic carbocycles. The van der Waals surface area contributed by atoms with Crippen molar-refractivity contribution >= 4 is 17.7 Å². The molecule has 5 heteroatoms. The summed E-state index contributed by atoms with van der Waals surface area (Å²) in [7, 11) is 0. The molecule has 0 fully saturated rings. The molecule has 142 valence electrons. The molecule has 0 radical (unpaired) electrons. The Morgan fingerprint density at radius 1 is 1.15 bits per heavy atom. The van der Waals surface area contributed by atoms with Crippen LogP contribution in [0.15, 0.2) is 35.5 Å². The van der Waals surface area contributed by atoms with Crippen molar-refractivity contribution in [2.24, 2.45) is 0 Å². The number of nitrogens with one attached hydrogen (secondary N) is 1. The normalized spacial score (nSPS) is 13.4. The Balaban J connectivity index is 2.00. The van der Waals surface area contributed by atoms with E-state index in [4.69, 9.17) is 4.98 Å². The Bertz CT molecular complexity index is 689. The number of rotatable bonds is 9. The number of nitrogens with zero attached hydrogens (tertiary/aromatic N) is 2. The summed E-state index contributed by atoms with van der Waals surface area (Å²) >= 11 is 1.50. The molecule has 2 rings (SSSR count). The number of H-pyrrole nitrogens is 1. The van der Waals surface area contributed by atoms with Crippen LogP contribution in [0, 0.1) is 6.92 Å². The third kappa shape index (κ3) is 5.37. The van der Waals surface area contributed by atoms with Gasteiger partial charge in [0.25, 0.3) is 0 Å². The first kappa shape index (κ1) is 20.6. The first-order chi connectivity index (χ1) is 12.5. The molecule has 0 aliphatic heterocycles. The van der Waals surface area contributed by atoms with E-state index < -0.39 is 0 Å². The highest BCUT2D eigenvalue weighted by Crippen LogP contribution is 2.21. The Morgan fingerprint density at radius 2 is 1.77 bits per heavy atom. The molecule has 0 unspecified atom stereocenters. The third-order valence-electron chi connectivity index (χ3n) is 4.93. The van der Waals surface area contributed by atoms with Gasteiger partial charge in [-0.3, -0.25) is 4.79 Å². The van der Waals surface area contributed by atoms with E-state index >= 15 is 0 Å². The summed E-state index contributed by atoms with van der Waals surface area (Å²) in [5, 5.41) is 0.829. The molecule has 0 saturated carbocycles. The van der Waals surface area contributed by atoms with Crippen molar-refractivity contribution in [1.29, 1.82) is 0 Å². The van der Waals surface area contributed by atoms with Gasteiger partial charge >= 0.3 is 0 Å². The van der Waals surface area contributed by atoms with Gasteiger partial charge in [0.15, 0.2) is 5.16 Å². The number of aromatic amines is 1. The van der Waals surface area contributed by atoms with Gasteiger partial charge in [0.2, 0.25) is 5.91 Å². The lowest BCUT2D eigenvalue weighted by Gasteiger charge is -2.33. The number of thioether (sulfide) groups is 1. The Kier molecular flexibility index (Phi) is 7.76. The van der Waals surface area contributed by atoms with Gasteiger partial charge in [-0.25, -0.2) is 4.98 Å². The van der Waals surface area contributed by atoms with E-state index in [2.05, 4.69) is 44.8 Å². The zero-order chi connectivity index (χ0) is 19.1. The average Bonchev–Trinajstić information content (AvgIpc) is 3.00. The molecular formula is C21H31N3OS. The first-order valence-corrected chi connectivity index (χ1v) is 10.5. The summed E-state index contributed by atoms with van der Waals surface area (Å²) in [5.74, 6) is 0.615. The highest BCUT2D eigenvalue weighted by molar-refractivity contribution is 7.99. The SMILES string of the molecule is CC[C@H](C)N(C(=O)CSc1nc(Cc2ccccc2)c(C)[nH]1)[C@@H](C)CC. The van der Waals surface area contributed by atoms with Crippen LogP contribution in [0.5, 0.6) is 0 Å². The molecule has 0 aliphatic carbocycles. The van der Waals surface area contributed by atoms with E-state index in [0.29, 0.717) is 5.75 Å². The van der Waals surface area contributed by atoms with Gasteiger partial charge in [0.05, 0.1) is 11.4 Å². The summed E-state index contributed by atoms with van der Waals surface area (Å²) < 4.78 is 0. The van der Waals surface area contributed by atoms with Crippen molar-refractivity contribution in [2.45, 2.75) is 71.1 Å². The fraction of sp³-hybridized carbons (Fsp3) is 0.524. The molecule has 0 bridgehead atoms. The lowest BCUT2D eigenvalue weighted by molar-refractivity contribution is -0.132. The third-order valence-corrected chi connectivity index (χ3v) is 5.79. The molecular weight excluding hydrogens is 342 g/mol. The summed E-state index contributed by atoms with van der Waals surface area (Å²) in [5.41, 5.74) is 3.37. The number of hydrogen-bond acceptors (Lipinski definition) is 3. The van der Waals surface area contributed by atoms with E-state index in [1.165, 1.54) is 17.3 Å². The van der Waals surface area contributed by atoms with Gasteiger partial charge < -0.3 is 9.88 Å². The van der Waals surface area contributed by atoms with E-state index in [0.717, 1.165) is 35.8 Å². The van der Waals surface area contributed by atoms with Gasteiger partial charge in [0, 0.05) is 24.2 Å². The fourth-order valence-corrected chi connectivity index (χ4v) is 3.83. The smallest absolute Gasteiger partial charge is 0.233 e. The van der Waals surface area contributed by atoms with Gasteiger partial charge in [-0.15, -0.1) is 0 Å². The van der Waals surface area contributed by atoms with Crippen molar-refractivity contribution < 1.29 is 4.79 Å². The van der Waals surface area contributed by atoms with E-state index in [9.17, 15) is 4.79 Å². The zero-order valence-electron chi connectivity index (χ0n) is 16.6. The van der Waals surface area contributed by atoms with Crippen molar-refractivity contribution in [2.75, 3.05) is 5.75 Å². The van der Waals surface area contributed by atoms with Crippen LogP contribution < -0.4 is 0 Å². The number of amides is 1. The molecule has 0 spiro atoms. The molecule has 1 aromatic heterocycles. The Hall–Kier alpha value is -1.75. The van der Waals surface area contributed by atoms with Gasteiger partial charge in [-0.1, -0.05) is 55.9 Å². The van der Waals surface area contributed by atoms with E-state index in [-0.39, 0.29) is 18.0 Å². The van der Waals surface area contributed by atoms with Crippen LogP contribution >= 0.6 is 11.8 Å². The lowest BCUT2D eigenvalue weighted by Crippen LogP contribution is -2.45. The number of benzene rings is 1. The predicted octanol–water partition coefficient (Wildman–Crippen LogP) is 4.83. The number of imidazole rings is 1. The van der Waals surface area contributed by atoms with Crippen LogP contribution in [-0.2, 0) is 11.2 Å². The van der Waals surface area contributed by atoms with Crippen molar-refractivity contribution in [3.05, 3.63) is 47.3 Å². The molecule has 2 atom stereocenters. The number of carbonyl (C=O) groups excluding carboxylic acids is 1. The maximum absolute atomic E-state index is 12.8. The Morgan fingerprint density at radius 3 is 2.35 bits per heavy atom. The minimum atomic E-state index is 0.192. The molecule has 4 nitrogen and oxygen atoms in total. The standard InChI is InChI=1S/C21H31N3OS/c1-6-15(3)24(16(4)7-2)20(25)14-26-21-22-17(5)19(23-21)13-18-11-9-8-10-12-18/h8-12,15-16H,6-7,13-14H2,1-5H3,(H,22,23)/t15-,16-/m0/s1. The van der Waals surface area contributed by atoms with Crippen LogP contribution in [0.2, 0.25) is 0 Å². The van der Waals surface area contributed by atoms with E-state index in [1.54, 1.807) is 0 Å². The summed E-state index contributed by atoms with van der Waals surface area (Å²) in [6.45, 7) is 10.6.